The topological polar surface area (TPSA) is 127 Å². The summed E-state index contributed by atoms with van der Waals surface area (Å²) < 4.78 is 26.7. The Balaban J connectivity index is 2.17. The van der Waals surface area contributed by atoms with Gasteiger partial charge in [-0.25, -0.2) is 18.1 Å². The van der Waals surface area contributed by atoms with Gasteiger partial charge in [-0.3, -0.25) is 10.1 Å². The minimum atomic E-state index is -3.65. The number of aromatic nitrogens is 4. The van der Waals surface area contributed by atoms with Gasteiger partial charge in [-0.15, -0.1) is 0 Å². The van der Waals surface area contributed by atoms with Gasteiger partial charge in [0.15, 0.2) is 0 Å². The molecule has 9 heteroatoms. The molecule has 4 N–H and O–H groups in total. The molecule has 0 radical (unpaired) electrons. The van der Waals surface area contributed by atoms with E-state index in [2.05, 4.69) is 24.9 Å². The molecule has 0 aliphatic heterocycles. The smallest absolute Gasteiger partial charge is 0.242 e. The normalized spacial score (nSPS) is 13.4. The molecule has 8 nitrogen and oxygen atoms in total. The number of sulfonamides is 1. The molecule has 0 spiro atoms. The predicted molar refractivity (Wildman–Crippen MR) is 67.2 cm³/mol. The highest BCUT2D eigenvalue weighted by molar-refractivity contribution is 7.89. The molecule has 0 aliphatic carbocycles. The summed E-state index contributed by atoms with van der Waals surface area (Å²) in [6.45, 7) is 1.93. The van der Waals surface area contributed by atoms with Crippen molar-refractivity contribution in [3.8, 4) is 0 Å². The Morgan fingerprint density at radius 2 is 2.21 bits per heavy atom. The van der Waals surface area contributed by atoms with E-state index >= 15 is 0 Å². The Hall–Kier alpha value is -1.84. The first-order valence-corrected chi connectivity index (χ1v) is 7.04. The van der Waals surface area contributed by atoms with Crippen LogP contribution in [0.3, 0.4) is 0 Å². The maximum absolute atomic E-state index is 12.1. The van der Waals surface area contributed by atoms with Crippen molar-refractivity contribution in [2.24, 2.45) is 5.73 Å². The lowest BCUT2D eigenvalue weighted by atomic mass is 10.3. The monoisotopic (exact) mass is 282 g/mol. The Morgan fingerprint density at radius 1 is 1.42 bits per heavy atom. The number of nitrogens with one attached hydrogen (secondary N) is 2. The van der Waals surface area contributed by atoms with E-state index in [9.17, 15) is 8.42 Å². The molecule has 102 valence electrons. The van der Waals surface area contributed by atoms with Crippen LogP contribution in [-0.2, 0) is 16.6 Å². The van der Waals surface area contributed by atoms with E-state index in [1.165, 1.54) is 18.6 Å². The Bertz CT molecular complexity index is 623. The van der Waals surface area contributed by atoms with Crippen molar-refractivity contribution in [1.29, 1.82) is 0 Å². The number of pyridine rings is 1. The summed E-state index contributed by atoms with van der Waals surface area (Å²) in [5, 5.41) is 6.28. The van der Waals surface area contributed by atoms with Gasteiger partial charge in [0.05, 0.1) is 11.7 Å². The Morgan fingerprint density at radius 3 is 2.74 bits per heavy atom. The third kappa shape index (κ3) is 3.13. The summed E-state index contributed by atoms with van der Waals surface area (Å²) in [5.41, 5.74) is 6.03. The molecule has 2 heterocycles. The molecule has 1 atom stereocenters. The second kappa shape index (κ2) is 5.43. The maximum Gasteiger partial charge on any atom is 0.242 e. The molecule has 0 aromatic carbocycles. The van der Waals surface area contributed by atoms with Crippen LogP contribution in [0.4, 0.5) is 0 Å². The quantitative estimate of drug-likeness (QED) is 0.691. The van der Waals surface area contributed by atoms with E-state index in [0.29, 0.717) is 11.5 Å². The predicted octanol–water partition coefficient (Wildman–Crippen LogP) is -0.302. The molecule has 0 amide bonds. The molecule has 0 aliphatic rings. The summed E-state index contributed by atoms with van der Waals surface area (Å²) in [4.78, 5) is 7.93. The van der Waals surface area contributed by atoms with Gasteiger partial charge < -0.3 is 5.73 Å². The lowest BCUT2D eigenvalue weighted by molar-refractivity contribution is 0.560. The SMILES string of the molecule is CC(NS(=O)(=O)c1ccc(CN)nc1)c1ncn[nH]1. The molecule has 1 unspecified atom stereocenters. The lowest BCUT2D eigenvalue weighted by Crippen LogP contribution is -2.27. The average molecular weight is 282 g/mol. The molecule has 0 saturated heterocycles. The number of hydrogen-bond acceptors (Lipinski definition) is 6. The van der Waals surface area contributed by atoms with Crippen molar-refractivity contribution in [2.75, 3.05) is 0 Å². The summed E-state index contributed by atoms with van der Waals surface area (Å²) in [6, 6.07) is 2.53. The van der Waals surface area contributed by atoms with Crippen molar-refractivity contribution in [3.05, 3.63) is 36.2 Å². The van der Waals surface area contributed by atoms with Crippen molar-refractivity contribution in [1.82, 2.24) is 24.9 Å². The van der Waals surface area contributed by atoms with E-state index in [0.717, 1.165) is 0 Å². The second-order valence-electron chi connectivity index (χ2n) is 3.90. The van der Waals surface area contributed by atoms with Gasteiger partial charge in [0.2, 0.25) is 10.0 Å². The molecule has 0 fully saturated rings. The zero-order valence-electron chi connectivity index (χ0n) is 10.2. The van der Waals surface area contributed by atoms with Gasteiger partial charge in [-0.1, -0.05) is 0 Å². The van der Waals surface area contributed by atoms with Gasteiger partial charge in [0.1, 0.15) is 17.0 Å². The molecular formula is C10H14N6O2S. The van der Waals surface area contributed by atoms with Crippen molar-refractivity contribution < 1.29 is 8.42 Å². The van der Waals surface area contributed by atoms with Gasteiger partial charge in [0, 0.05) is 12.7 Å². The fourth-order valence-corrected chi connectivity index (χ4v) is 2.62. The first-order chi connectivity index (χ1) is 9.03. The highest BCUT2D eigenvalue weighted by Crippen LogP contribution is 2.13. The number of nitrogens with two attached hydrogens (primary N) is 1. The third-order valence-corrected chi connectivity index (χ3v) is 4.02. The number of nitrogens with zero attached hydrogens (tertiary/aromatic N) is 3. The Labute approximate surface area is 110 Å². The molecular weight excluding hydrogens is 268 g/mol. The second-order valence-corrected chi connectivity index (χ2v) is 5.62. The van der Waals surface area contributed by atoms with E-state index in [4.69, 9.17) is 5.73 Å². The van der Waals surface area contributed by atoms with Crippen LogP contribution in [0, 0.1) is 0 Å². The summed E-state index contributed by atoms with van der Waals surface area (Å²) in [5.74, 6) is 0.440. The van der Waals surface area contributed by atoms with Crippen molar-refractivity contribution >= 4 is 10.0 Å². The number of hydrogen-bond donors (Lipinski definition) is 3. The first-order valence-electron chi connectivity index (χ1n) is 5.55. The largest absolute Gasteiger partial charge is 0.325 e. The van der Waals surface area contributed by atoms with Crippen molar-refractivity contribution in [3.63, 3.8) is 0 Å². The van der Waals surface area contributed by atoms with Gasteiger partial charge in [-0.05, 0) is 19.1 Å². The third-order valence-electron chi connectivity index (χ3n) is 2.49. The molecule has 19 heavy (non-hydrogen) atoms. The number of aromatic amines is 1. The zero-order valence-corrected chi connectivity index (χ0v) is 11.1. The van der Waals surface area contributed by atoms with Crippen LogP contribution in [-0.4, -0.2) is 28.6 Å². The molecule has 2 rings (SSSR count). The average Bonchev–Trinajstić information content (AvgIpc) is 2.92. The van der Waals surface area contributed by atoms with Crippen LogP contribution >= 0.6 is 0 Å². The van der Waals surface area contributed by atoms with Crippen LogP contribution < -0.4 is 10.5 Å². The number of H-pyrrole nitrogens is 1. The fraction of sp³-hybridized carbons (Fsp3) is 0.300. The van der Waals surface area contributed by atoms with E-state index in [-0.39, 0.29) is 11.4 Å². The van der Waals surface area contributed by atoms with Crippen molar-refractivity contribution in [2.45, 2.75) is 24.4 Å². The van der Waals surface area contributed by atoms with Crippen LogP contribution in [0.2, 0.25) is 0 Å². The molecule has 0 saturated carbocycles. The van der Waals surface area contributed by atoms with Crippen LogP contribution in [0.1, 0.15) is 24.5 Å². The highest BCUT2D eigenvalue weighted by atomic mass is 32.2. The van der Waals surface area contributed by atoms with Gasteiger partial charge in [-0.2, -0.15) is 5.10 Å². The minimum absolute atomic E-state index is 0.0797. The lowest BCUT2D eigenvalue weighted by Gasteiger charge is -2.11. The van der Waals surface area contributed by atoms with Gasteiger partial charge in [0.25, 0.3) is 0 Å². The van der Waals surface area contributed by atoms with E-state index < -0.39 is 16.1 Å². The summed E-state index contributed by atoms with van der Waals surface area (Å²) in [7, 11) is -3.65. The zero-order chi connectivity index (χ0) is 13.9. The Kier molecular flexibility index (Phi) is 3.88. The van der Waals surface area contributed by atoms with E-state index in [1.807, 2.05) is 0 Å². The summed E-state index contributed by atoms with van der Waals surface area (Å²) in [6.07, 6.45) is 2.59. The highest BCUT2D eigenvalue weighted by Gasteiger charge is 2.20. The van der Waals surface area contributed by atoms with Crippen LogP contribution in [0.5, 0.6) is 0 Å². The van der Waals surface area contributed by atoms with E-state index in [1.54, 1.807) is 13.0 Å². The molecule has 2 aromatic heterocycles. The fourth-order valence-electron chi connectivity index (χ4n) is 1.47. The molecule has 0 bridgehead atoms. The van der Waals surface area contributed by atoms with Crippen LogP contribution in [0.15, 0.2) is 29.6 Å². The first kappa shape index (κ1) is 13.6. The number of rotatable bonds is 5. The maximum atomic E-state index is 12.1. The summed E-state index contributed by atoms with van der Waals surface area (Å²) >= 11 is 0. The van der Waals surface area contributed by atoms with Gasteiger partial charge >= 0.3 is 0 Å². The minimum Gasteiger partial charge on any atom is -0.325 e. The standard InChI is InChI=1S/C10H14N6O2S/c1-7(10-13-6-14-15-10)16-19(17,18)9-3-2-8(4-11)12-5-9/h2-3,5-7,16H,4,11H2,1H3,(H,13,14,15). The molecule has 2 aromatic rings. The van der Waals surface area contributed by atoms with Crippen LogP contribution in [0.25, 0.3) is 0 Å².